The fourth-order valence-corrected chi connectivity index (χ4v) is 4.85. The fraction of sp³-hybridized carbons (Fsp3) is 0.500. The molecular formula is C24H30FN7O3. The summed E-state index contributed by atoms with van der Waals surface area (Å²) < 4.78 is 22.5. The van der Waals surface area contributed by atoms with Crippen LogP contribution in [0.4, 0.5) is 21.7 Å². The van der Waals surface area contributed by atoms with Crippen LogP contribution in [0.1, 0.15) is 54.9 Å². The molecule has 2 fully saturated rings. The van der Waals surface area contributed by atoms with Gasteiger partial charge in [-0.2, -0.15) is 9.61 Å². The van der Waals surface area contributed by atoms with E-state index in [4.69, 9.17) is 4.74 Å². The molecule has 186 valence electrons. The van der Waals surface area contributed by atoms with Gasteiger partial charge in [0.2, 0.25) is 0 Å². The zero-order valence-electron chi connectivity index (χ0n) is 19.8. The topological polar surface area (TPSA) is 115 Å². The van der Waals surface area contributed by atoms with Crippen LogP contribution in [-0.4, -0.2) is 57.5 Å². The van der Waals surface area contributed by atoms with Crippen LogP contribution in [0.3, 0.4) is 0 Å². The van der Waals surface area contributed by atoms with E-state index in [0.29, 0.717) is 35.8 Å². The minimum absolute atomic E-state index is 0.0715. The maximum atomic E-state index is 13.7. The number of hydrogen-bond donors (Lipinski definition) is 3. The highest BCUT2D eigenvalue weighted by Crippen LogP contribution is 2.29. The molecule has 0 radical (unpaired) electrons. The van der Waals surface area contributed by atoms with Crippen LogP contribution >= 0.6 is 0 Å². The van der Waals surface area contributed by atoms with Crippen molar-refractivity contribution in [2.24, 2.45) is 0 Å². The van der Waals surface area contributed by atoms with Gasteiger partial charge in [-0.3, -0.25) is 9.59 Å². The van der Waals surface area contributed by atoms with E-state index in [2.05, 4.69) is 26.0 Å². The number of carbonyl (C=O) groups excluding carboxylic acids is 1. The van der Waals surface area contributed by atoms with Gasteiger partial charge in [0.15, 0.2) is 5.65 Å². The van der Waals surface area contributed by atoms with Crippen LogP contribution in [0.2, 0.25) is 0 Å². The van der Waals surface area contributed by atoms with Gasteiger partial charge in [-0.25, -0.2) is 9.37 Å². The number of pyridine rings is 1. The van der Waals surface area contributed by atoms with E-state index < -0.39 is 18.1 Å². The third-order valence-corrected chi connectivity index (χ3v) is 7.04. The number of nitrogens with zero attached hydrogens (tertiary/aromatic N) is 4. The number of amides is 1. The van der Waals surface area contributed by atoms with Crippen LogP contribution in [-0.2, 0) is 4.74 Å². The molecule has 0 unspecified atom stereocenters. The van der Waals surface area contributed by atoms with Gasteiger partial charge in [0.1, 0.15) is 29.1 Å². The Bertz CT molecular complexity index is 1290. The normalized spacial score (nSPS) is 24.1. The van der Waals surface area contributed by atoms with Crippen molar-refractivity contribution in [3.8, 4) is 0 Å². The summed E-state index contributed by atoms with van der Waals surface area (Å²) in [5.74, 6) is 0.540. The molecule has 0 spiro atoms. The quantitative estimate of drug-likeness (QED) is 0.473. The minimum atomic E-state index is -1.03. The van der Waals surface area contributed by atoms with E-state index in [1.807, 2.05) is 12.3 Å². The molecule has 0 aromatic carbocycles. The van der Waals surface area contributed by atoms with Crippen LogP contribution in [0.25, 0.3) is 5.65 Å². The standard InChI is InChI=1S/C24H30FN7O3/c1-26-21-12-20(30-22-16(13-27-32(21)22)23(33)29-18-9-8-17(18)25)28-19-7-4-10-31(24(19)34)14-5-3-6-15(11-14)35-2/h4,7,10,12-15,17-18,26H,3,5-6,8-9,11H2,1-2H3,(H,28,30)(H,29,33)/t14-,15-,17-,18-/m1/s1. The number of halogens is 1. The maximum Gasteiger partial charge on any atom is 0.274 e. The molecule has 11 heteroatoms. The Hall–Kier alpha value is -3.47. The average molecular weight is 484 g/mol. The smallest absolute Gasteiger partial charge is 0.274 e. The molecule has 3 N–H and O–H groups in total. The van der Waals surface area contributed by atoms with E-state index in [-0.39, 0.29) is 23.3 Å². The van der Waals surface area contributed by atoms with Crippen LogP contribution in [0.15, 0.2) is 35.4 Å². The molecule has 0 aliphatic heterocycles. The maximum absolute atomic E-state index is 13.7. The van der Waals surface area contributed by atoms with Crippen LogP contribution in [0.5, 0.6) is 0 Å². The predicted molar refractivity (Wildman–Crippen MR) is 130 cm³/mol. The third-order valence-electron chi connectivity index (χ3n) is 7.04. The first-order chi connectivity index (χ1) is 17.0. The summed E-state index contributed by atoms with van der Waals surface area (Å²) in [6, 6.07) is 4.85. The zero-order chi connectivity index (χ0) is 24.5. The van der Waals surface area contributed by atoms with Gasteiger partial charge < -0.3 is 25.3 Å². The van der Waals surface area contributed by atoms with E-state index >= 15 is 0 Å². The highest BCUT2D eigenvalue weighted by molar-refractivity contribution is 6.00. The Morgan fingerprint density at radius 2 is 2.11 bits per heavy atom. The predicted octanol–water partition coefficient (Wildman–Crippen LogP) is 3.04. The Labute approximate surface area is 201 Å². The molecule has 1 amide bonds. The number of alkyl halides is 1. The molecule has 2 aliphatic rings. The number of methoxy groups -OCH3 is 1. The van der Waals surface area contributed by atoms with Crippen molar-refractivity contribution in [3.63, 3.8) is 0 Å². The second-order valence-electron chi connectivity index (χ2n) is 9.18. The van der Waals surface area contributed by atoms with Gasteiger partial charge in [-0.1, -0.05) is 0 Å². The first-order valence-corrected chi connectivity index (χ1v) is 12.0. The molecule has 0 bridgehead atoms. The first kappa shape index (κ1) is 23.3. The van der Waals surface area contributed by atoms with Crippen molar-refractivity contribution >= 4 is 28.9 Å². The van der Waals surface area contributed by atoms with Gasteiger partial charge in [0.25, 0.3) is 11.5 Å². The average Bonchev–Trinajstić information content (AvgIpc) is 3.31. The van der Waals surface area contributed by atoms with E-state index in [0.717, 1.165) is 25.7 Å². The minimum Gasteiger partial charge on any atom is -0.381 e. The number of aromatic nitrogens is 4. The number of rotatable bonds is 7. The van der Waals surface area contributed by atoms with Gasteiger partial charge in [-0.15, -0.1) is 0 Å². The lowest BCUT2D eigenvalue weighted by molar-refractivity contribution is 0.0525. The van der Waals surface area contributed by atoms with Crippen LogP contribution in [0, 0.1) is 0 Å². The second kappa shape index (κ2) is 9.65. The fourth-order valence-electron chi connectivity index (χ4n) is 4.85. The number of carbonyl (C=O) groups is 1. The molecule has 5 rings (SSSR count). The first-order valence-electron chi connectivity index (χ1n) is 12.0. The summed E-state index contributed by atoms with van der Waals surface area (Å²) >= 11 is 0. The number of anilines is 3. The van der Waals surface area contributed by atoms with Crippen LogP contribution < -0.4 is 21.5 Å². The zero-order valence-corrected chi connectivity index (χ0v) is 19.8. The lowest BCUT2D eigenvalue weighted by Crippen LogP contribution is -2.48. The highest BCUT2D eigenvalue weighted by atomic mass is 19.1. The summed E-state index contributed by atoms with van der Waals surface area (Å²) in [5.41, 5.74) is 0.777. The summed E-state index contributed by atoms with van der Waals surface area (Å²) in [6.07, 6.45) is 7.15. The summed E-state index contributed by atoms with van der Waals surface area (Å²) in [4.78, 5) is 30.7. The van der Waals surface area contributed by atoms with Crippen molar-refractivity contribution in [1.82, 2.24) is 24.5 Å². The highest BCUT2D eigenvalue weighted by Gasteiger charge is 2.33. The van der Waals surface area contributed by atoms with Gasteiger partial charge in [-0.05, 0) is 50.7 Å². The summed E-state index contributed by atoms with van der Waals surface area (Å²) in [6.45, 7) is 0. The molecular weight excluding hydrogens is 453 g/mol. The van der Waals surface area contributed by atoms with Crippen molar-refractivity contribution in [2.45, 2.75) is 62.9 Å². The third kappa shape index (κ3) is 4.47. The second-order valence-corrected chi connectivity index (χ2v) is 9.18. The molecule has 2 aliphatic carbocycles. The Morgan fingerprint density at radius 1 is 1.26 bits per heavy atom. The monoisotopic (exact) mass is 483 g/mol. The van der Waals surface area contributed by atoms with E-state index in [1.165, 1.54) is 10.7 Å². The Kier molecular flexibility index (Phi) is 6.42. The SMILES string of the molecule is CNc1cc(Nc2cccn([C@@H]3CCC[C@@H](OC)C3)c2=O)nc2c(C(=O)N[C@@H]3CC[C@H]3F)cnn12. The van der Waals surface area contributed by atoms with E-state index in [9.17, 15) is 14.0 Å². The van der Waals surface area contributed by atoms with Crippen molar-refractivity contribution < 1.29 is 13.9 Å². The Balaban J connectivity index is 1.44. The summed E-state index contributed by atoms with van der Waals surface area (Å²) in [5, 5.41) is 13.1. The number of ether oxygens (including phenoxy) is 1. The molecule has 2 saturated carbocycles. The number of nitrogens with one attached hydrogen (secondary N) is 3. The molecule has 35 heavy (non-hydrogen) atoms. The molecule has 0 saturated heterocycles. The van der Waals surface area contributed by atoms with E-state index in [1.54, 1.807) is 30.9 Å². The molecule has 4 atom stereocenters. The number of hydrogen-bond acceptors (Lipinski definition) is 7. The van der Waals surface area contributed by atoms with Gasteiger partial charge in [0.05, 0.1) is 18.3 Å². The summed E-state index contributed by atoms with van der Waals surface area (Å²) in [7, 11) is 3.44. The number of fused-ring (bicyclic) bond motifs is 1. The van der Waals surface area contributed by atoms with Crippen molar-refractivity contribution in [2.75, 3.05) is 24.8 Å². The van der Waals surface area contributed by atoms with Crippen molar-refractivity contribution in [3.05, 3.63) is 46.5 Å². The largest absolute Gasteiger partial charge is 0.381 e. The molecule has 3 heterocycles. The Morgan fingerprint density at radius 3 is 2.83 bits per heavy atom. The lowest BCUT2D eigenvalue weighted by atomic mass is 9.90. The molecule has 3 aromatic heterocycles. The van der Waals surface area contributed by atoms with Crippen molar-refractivity contribution in [1.29, 1.82) is 0 Å². The molecule has 3 aromatic rings. The lowest BCUT2D eigenvalue weighted by Gasteiger charge is -2.30. The van der Waals surface area contributed by atoms with Gasteiger partial charge >= 0.3 is 0 Å². The van der Waals surface area contributed by atoms with Gasteiger partial charge in [0, 0.05) is 32.5 Å². The molecule has 10 nitrogen and oxygen atoms in total.